The fourth-order valence-corrected chi connectivity index (χ4v) is 0.543. The van der Waals surface area contributed by atoms with E-state index in [9.17, 15) is 0 Å². The number of hydrogen-bond donors (Lipinski definition) is 0. The van der Waals surface area contributed by atoms with Crippen LogP contribution in [0.25, 0.3) is 0 Å². The van der Waals surface area contributed by atoms with Gasteiger partial charge in [0.25, 0.3) is 0 Å². The monoisotopic (exact) mass is 110 g/mol. The van der Waals surface area contributed by atoms with Crippen molar-refractivity contribution < 1.29 is 0 Å². The molecule has 0 N–H and O–H groups in total. The van der Waals surface area contributed by atoms with Crippen LogP contribution in [-0.4, -0.2) is 0 Å². The Hall–Kier alpha value is -0.520. The Morgan fingerprint density at radius 2 is 1.38 bits per heavy atom. The summed E-state index contributed by atoms with van der Waals surface area (Å²) in [6.45, 7) is 6.17. The van der Waals surface area contributed by atoms with Crippen LogP contribution in [-0.2, 0) is 0 Å². The van der Waals surface area contributed by atoms with Crippen molar-refractivity contribution in [3.8, 4) is 0 Å². The van der Waals surface area contributed by atoms with Gasteiger partial charge in [-0.1, -0.05) is 45.1 Å². The molecular formula is C8H14. The van der Waals surface area contributed by atoms with Gasteiger partial charge in [-0.15, -0.1) is 0 Å². The van der Waals surface area contributed by atoms with Crippen molar-refractivity contribution in [3.05, 3.63) is 24.3 Å². The Morgan fingerprint density at radius 3 is 1.50 bits per heavy atom. The molecule has 0 atom stereocenters. The highest BCUT2D eigenvalue weighted by Crippen LogP contribution is 2.04. The van der Waals surface area contributed by atoms with Crippen molar-refractivity contribution in [2.75, 3.05) is 0 Å². The van der Waals surface area contributed by atoms with E-state index in [2.05, 4.69) is 31.2 Å². The van der Waals surface area contributed by atoms with E-state index < -0.39 is 0 Å². The molecule has 46 valence electrons. The van der Waals surface area contributed by atoms with Gasteiger partial charge in [-0.05, 0) is 5.92 Å². The third-order valence-corrected chi connectivity index (χ3v) is 0.940. The molecule has 0 saturated heterocycles. The van der Waals surface area contributed by atoms with E-state index in [0.29, 0.717) is 5.92 Å². The Labute approximate surface area is 51.9 Å². The third-order valence-electron chi connectivity index (χ3n) is 0.940. The molecule has 0 spiro atoms. The van der Waals surface area contributed by atoms with E-state index in [4.69, 9.17) is 0 Å². The third kappa shape index (κ3) is 2.62. The standard InChI is InChI=1S/C6H8.C2H6/c1-6-4-2-3-5-6;1-2/h2-6H,1H3;1-2H3. The molecule has 0 saturated carbocycles. The molecule has 0 bridgehead atoms. The molecule has 0 aromatic rings. The summed E-state index contributed by atoms with van der Waals surface area (Å²) in [5.41, 5.74) is 0. The second kappa shape index (κ2) is 4.63. The van der Waals surface area contributed by atoms with Gasteiger partial charge in [-0.2, -0.15) is 0 Å². The van der Waals surface area contributed by atoms with E-state index in [-0.39, 0.29) is 0 Å². The van der Waals surface area contributed by atoms with Gasteiger partial charge in [0.05, 0.1) is 0 Å². The van der Waals surface area contributed by atoms with Crippen molar-refractivity contribution in [2.45, 2.75) is 20.8 Å². The maximum absolute atomic E-state index is 2.17. The molecule has 0 radical (unpaired) electrons. The van der Waals surface area contributed by atoms with E-state index >= 15 is 0 Å². The summed E-state index contributed by atoms with van der Waals surface area (Å²) in [4.78, 5) is 0. The second-order valence-corrected chi connectivity index (χ2v) is 1.63. The normalized spacial score (nSPS) is 15.9. The van der Waals surface area contributed by atoms with E-state index in [1.54, 1.807) is 0 Å². The quantitative estimate of drug-likeness (QED) is 0.450. The van der Waals surface area contributed by atoms with Crippen LogP contribution >= 0.6 is 0 Å². The van der Waals surface area contributed by atoms with Crippen LogP contribution in [0, 0.1) is 5.92 Å². The topological polar surface area (TPSA) is 0 Å². The van der Waals surface area contributed by atoms with Crippen LogP contribution in [0.15, 0.2) is 24.3 Å². The van der Waals surface area contributed by atoms with Gasteiger partial charge < -0.3 is 0 Å². The minimum Gasteiger partial charge on any atom is -0.0779 e. The SMILES string of the molecule is CC.CC1C=CC=C1. The van der Waals surface area contributed by atoms with E-state index in [1.165, 1.54) is 0 Å². The van der Waals surface area contributed by atoms with Crippen molar-refractivity contribution in [3.63, 3.8) is 0 Å². The Kier molecular flexibility index (Phi) is 4.33. The fourth-order valence-electron chi connectivity index (χ4n) is 0.543. The van der Waals surface area contributed by atoms with Crippen LogP contribution < -0.4 is 0 Å². The van der Waals surface area contributed by atoms with Crippen molar-refractivity contribution in [1.82, 2.24) is 0 Å². The molecular weight excluding hydrogens is 96.1 g/mol. The number of rotatable bonds is 0. The molecule has 1 aliphatic rings. The van der Waals surface area contributed by atoms with Crippen LogP contribution in [0.1, 0.15) is 20.8 Å². The second-order valence-electron chi connectivity index (χ2n) is 1.63. The average molecular weight is 110 g/mol. The number of hydrogen-bond acceptors (Lipinski definition) is 0. The van der Waals surface area contributed by atoms with Gasteiger partial charge in [-0.3, -0.25) is 0 Å². The predicted molar refractivity (Wildman–Crippen MR) is 38.8 cm³/mol. The first kappa shape index (κ1) is 7.48. The maximum atomic E-state index is 2.17. The highest BCUT2D eigenvalue weighted by atomic mass is 14.0. The fraction of sp³-hybridized carbons (Fsp3) is 0.500. The molecule has 0 aromatic heterocycles. The van der Waals surface area contributed by atoms with Gasteiger partial charge in [0.15, 0.2) is 0 Å². The van der Waals surface area contributed by atoms with E-state index in [0.717, 1.165) is 0 Å². The Balaban J connectivity index is 0.000000222. The lowest BCUT2D eigenvalue weighted by atomic mass is 10.2. The summed E-state index contributed by atoms with van der Waals surface area (Å²) < 4.78 is 0. The molecule has 0 heteroatoms. The summed E-state index contributed by atoms with van der Waals surface area (Å²) in [5, 5.41) is 0. The summed E-state index contributed by atoms with van der Waals surface area (Å²) in [5.74, 6) is 0.685. The largest absolute Gasteiger partial charge is 0.0779 e. The van der Waals surface area contributed by atoms with E-state index in [1.807, 2.05) is 13.8 Å². The Bertz CT molecular complexity index is 76.2. The molecule has 0 fully saturated rings. The molecule has 0 amide bonds. The smallest absolute Gasteiger partial charge is 0.00756 e. The van der Waals surface area contributed by atoms with Crippen molar-refractivity contribution in [2.24, 2.45) is 5.92 Å². The summed E-state index contributed by atoms with van der Waals surface area (Å²) >= 11 is 0. The lowest BCUT2D eigenvalue weighted by Crippen LogP contribution is -1.72. The first-order chi connectivity index (χ1) is 3.89. The molecule has 0 nitrogen and oxygen atoms in total. The minimum atomic E-state index is 0.685. The zero-order chi connectivity index (χ0) is 6.41. The molecule has 1 rings (SSSR count). The average Bonchev–Trinajstić information content (AvgIpc) is 2.24. The highest BCUT2D eigenvalue weighted by Gasteiger charge is 1.89. The Morgan fingerprint density at radius 1 is 1.00 bits per heavy atom. The van der Waals surface area contributed by atoms with Crippen LogP contribution in [0.4, 0.5) is 0 Å². The molecule has 1 aliphatic carbocycles. The lowest BCUT2D eigenvalue weighted by molar-refractivity contribution is 0.958. The van der Waals surface area contributed by atoms with Crippen LogP contribution in [0.2, 0.25) is 0 Å². The highest BCUT2D eigenvalue weighted by molar-refractivity contribution is 5.15. The molecule has 0 aliphatic heterocycles. The zero-order valence-corrected chi connectivity index (χ0v) is 5.89. The molecule has 0 aromatic carbocycles. The van der Waals surface area contributed by atoms with Gasteiger partial charge in [-0.25, -0.2) is 0 Å². The molecule has 0 unspecified atom stereocenters. The van der Waals surface area contributed by atoms with Gasteiger partial charge >= 0.3 is 0 Å². The van der Waals surface area contributed by atoms with Crippen LogP contribution in [0.5, 0.6) is 0 Å². The maximum Gasteiger partial charge on any atom is -0.00756 e. The first-order valence-corrected chi connectivity index (χ1v) is 3.24. The lowest BCUT2D eigenvalue weighted by Gasteiger charge is -1.84. The summed E-state index contributed by atoms with van der Waals surface area (Å²) in [7, 11) is 0. The van der Waals surface area contributed by atoms with Crippen LogP contribution in [0.3, 0.4) is 0 Å². The van der Waals surface area contributed by atoms with Crippen molar-refractivity contribution in [1.29, 1.82) is 0 Å². The zero-order valence-electron chi connectivity index (χ0n) is 5.89. The molecule has 0 heterocycles. The first-order valence-electron chi connectivity index (χ1n) is 3.24. The van der Waals surface area contributed by atoms with Gasteiger partial charge in [0.2, 0.25) is 0 Å². The van der Waals surface area contributed by atoms with Gasteiger partial charge in [0, 0.05) is 0 Å². The van der Waals surface area contributed by atoms with Gasteiger partial charge in [0.1, 0.15) is 0 Å². The summed E-state index contributed by atoms with van der Waals surface area (Å²) in [6.07, 6.45) is 8.48. The van der Waals surface area contributed by atoms with Crippen molar-refractivity contribution >= 4 is 0 Å². The predicted octanol–water partition coefficient (Wildman–Crippen LogP) is 2.77. The molecule has 8 heavy (non-hydrogen) atoms. The summed E-state index contributed by atoms with van der Waals surface area (Å²) in [6, 6.07) is 0. The number of allylic oxidation sites excluding steroid dienone is 4. The minimum absolute atomic E-state index is 0.685.